The zero-order valence-electron chi connectivity index (χ0n) is 14.0. The fraction of sp³-hybridized carbons (Fsp3) is 0.421. The van der Waals surface area contributed by atoms with E-state index in [4.69, 9.17) is 27.6 Å². The maximum absolute atomic E-state index is 12.6. The molecule has 3 aliphatic rings. The molecule has 0 saturated carbocycles. The zero-order valence-corrected chi connectivity index (χ0v) is 15.5. The zero-order chi connectivity index (χ0) is 17.6. The lowest BCUT2D eigenvalue weighted by atomic mass is 9.79. The van der Waals surface area contributed by atoms with Crippen LogP contribution in [0.4, 0.5) is 0 Å². The van der Waals surface area contributed by atoms with E-state index in [1.54, 1.807) is 24.3 Å². The molecule has 2 atom stereocenters. The van der Waals surface area contributed by atoms with E-state index in [9.17, 15) is 4.79 Å². The van der Waals surface area contributed by atoms with Crippen LogP contribution in [-0.4, -0.2) is 36.0 Å². The number of rotatable bonds is 3. The van der Waals surface area contributed by atoms with Gasteiger partial charge < -0.3 is 9.73 Å². The molecule has 0 spiro atoms. The highest BCUT2D eigenvalue weighted by Crippen LogP contribution is 2.35. The number of nitrogens with one attached hydrogen (secondary N) is 1. The van der Waals surface area contributed by atoms with Crippen molar-refractivity contribution in [3.63, 3.8) is 0 Å². The molecule has 25 heavy (non-hydrogen) atoms. The lowest BCUT2D eigenvalue weighted by Gasteiger charge is -2.49. The number of amides is 1. The first-order valence-electron chi connectivity index (χ1n) is 8.63. The van der Waals surface area contributed by atoms with E-state index >= 15 is 0 Å². The lowest BCUT2D eigenvalue weighted by Crippen LogP contribution is -2.62. The van der Waals surface area contributed by atoms with E-state index in [1.807, 2.05) is 6.07 Å². The molecule has 1 amide bonds. The Morgan fingerprint density at radius 3 is 2.68 bits per heavy atom. The number of furan rings is 1. The minimum absolute atomic E-state index is 0.171. The molecule has 2 bridgehead atoms. The van der Waals surface area contributed by atoms with E-state index in [0.717, 1.165) is 25.9 Å². The van der Waals surface area contributed by atoms with Gasteiger partial charge in [-0.1, -0.05) is 29.3 Å². The first-order valence-corrected chi connectivity index (χ1v) is 9.39. The first kappa shape index (κ1) is 17.0. The average Bonchev–Trinajstić information content (AvgIpc) is 3.11. The third kappa shape index (κ3) is 3.07. The van der Waals surface area contributed by atoms with Gasteiger partial charge in [0, 0.05) is 17.6 Å². The Morgan fingerprint density at radius 1 is 1.20 bits per heavy atom. The highest BCUT2D eigenvalue weighted by Gasteiger charge is 2.40. The molecule has 2 unspecified atom stereocenters. The molecule has 0 aliphatic carbocycles. The second-order valence-corrected chi connectivity index (χ2v) is 7.66. The van der Waals surface area contributed by atoms with Crippen molar-refractivity contribution in [3.8, 4) is 11.3 Å². The summed E-state index contributed by atoms with van der Waals surface area (Å²) in [5.41, 5.74) is 0.685. The van der Waals surface area contributed by atoms with E-state index in [1.165, 1.54) is 0 Å². The molecular weight excluding hydrogens is 359 g/mol. The summed E-state index contributed by atoms with van der Waals surface area (Å²) in [6.45, 7) is 4.46. The first-order chi connectivity index (χ1) is 12.0. The summed E-state index contributed by atoms with van der Waals surface area (Å²) in [7, 11) is 0. The van der Waals surface area contributed by atoms with Crippen molar-refractivity contribution >= 4 is 29.1 Å². The van der Waals surface area contributed by atoms with Crippen LogP contribution in [0.5, 0.6) is 0 Å². The van der Waals surface area contributed by atoms with E-state index in [2.05, 4.69) is 17.1 Å². The monoisotopic (exact) mass is 378 g/mol. The fourth-order valence-corrected chi connectivity index (χ4v) is 4.46. The van der Waals surface area contributed by atoms with Crippen molar-refractivity contribution in [1.29, 1.82) is 0 Å². The lowest BCUT2D eigenvalue weighted by molar-refractivity contribution is 0.0211. The van der Waals surface area contributed by atoms with Crippen LogP contribution in [0.15, 0.2) is 34.7 Å². The highest BCUT2D eigenvalue weighted by molar-refractivity contribution is 6.43. The maximum Gasteiger partial charge on any atom is 0.287 e. The fourth-order valence-electron chi connectivity index (χ4n) is 4.07. The van der Waals surface area contributed by atoms with Gasteiger partial charge in [-0.2, -0.15) is 0 Å². The summed E-state index contributed by atoms with van der Waals surface area (Å²) in [5, 5.41) is 4.06. The number of benzene rings is 1. The van der Waals surface area contributed by atoms with Crippen molar-refractivity contribution in [2.45, 2.75) is 31.8 Å². The Labute approximate surface area is 157 Å². The molecule has 2 aromatic rings. The van der Waals surface area contributed by atoms with E-state index in [0.29, 0.717) is 39.1 Å². The molecule has 3 saturated heterocycles. The van der Waals surface area contributed by atoms with E-state index < -0.39 is 0 Å². The summed E-state index contributed by atoms with van der Waals surface area (Å²) in [6.07, 6.45) is 2.30. The third-order valence-electron chi connectivity index (χ3n) is 5.52. The molecular formula is C19H20Cl2N2O2. The molecule has 3 fully saturated rings. The Hall–Kier alpha value is -1.49. The number of piperidine rings is 3. The number of nitrogens with zero attached hydrogens (tertiary/aromatic N) is 1. The van der Waals surface area contributed by atoms with Gasteiger partial charge in [-0.25, -0.2) is 0 Å². The van der Waals surface area contributed by atoms with Crippen LogP contribution >= 0.6 is 23.2 Å². The second kappa shape index (κ2) is 6.67. The normalized spacial score (nSPS) is 28.1. The largest absolute Gasteiger partial charge is 0.451 e. The summed E-state index contributed by atoms with van der Waals surface area (Å²) in [4.78, 5) is 15.1. The molecule has 4 nitrogen and oxygen atoms in total. The molecule has 6 heteroatoms. The molecule has 0 radical (unpaired) electrons. The van der Waals surface area contributed by atoms with Gasteiger partial charge in [-0.05, 0) is 63.0 Å². The molecule has 5 rings (SSSR count). The van der Waals surface area contributed by atoms with E-state index in [-0.39, 0.29) is 11.9 Å². The Kier molecular flexibility index (Phi) is 4.52. The number of halogens is 2. The summed E-state index contributed by atoms with van der Waals surface area (Å²) >= 11 is 12.3. The van der Waals surface area contributed by atoms with Gasteiger partial charge in [0.15, 0.2) is 5.76 Å². The Balaban J connectivity index is 1.52. The van der Waals surface area contributed by atoms with Crippen molar-refractivity contribution < 1.29 is 9.21 Å². The standard InChI is InChI=1S/C19H20Cl2N2O2/c1-11-18(12-7-9-23(11)10-8-12)22-19(24)16-6-5-15(25-16)13-3-2-4-14(20)17(13)21/h2-6,11-12,18H,7-10H2,1H3,(H,22,24). The Morgan fingerprint density at radius 2 is 1.96 bits per heavy atom. The minimum atomic E-state index is -0.171. The minimum Gasteiger partial charge on any atom is -0.451 e. The number of carbonyl (C=O) groups is 1. The maximum atomic E-state index is 12.6. The van der Waals surface area contributed by atoms with Crippen molar-refractivity contribution in [3.05, 3.63) is 46.1 Å². The summed E-state index contributed by atoms with van der Waals surface area (Å²) < 4.78 is 5.76. The van der Waals surface area contributed by atoms with Crippen LogP contribution in [0.25, 0.3) is 11.3 Å². The smallest absolute Gasteiger partial charge is 0.287 e. The predicted molar refractivity (Wildman–Crippen MR) is 99.2 cm³/mol. The van der Waals surface area contributed by atoms with Gasteiger partial charge in [0.1, 0.15) is 5.76 Å². The summed E-state index contributed by atoms with van der Waals surface area (Å²) in [6, 6.07) is 9.34. The van der Waals surface area contributed by atoms with Crippen molar-refractivity contribution in [1.82, 2.24) is 10.2 Å². The molecule has 3 aliphatic heterocycles. The van der Waals surface area contributed by atoms with Crippen molar-refractivity contribution in [2.24, 2.45) is 5.92 Å². The van der Waals surface area contributed by atoms with Crippen LogP contribution < -0.4 is 5.32 Å². The molecule has 1 aromatic heterocycles. The number of fused-ring (bicyclic) bond motifs is 3. The number of hydrogen-bond acceptors (Lipinski definition) is 3. The highest BCUT2D eigenvalue weighted by atomic mass is 35.5. The molecule has 1 aromatic carbocycles. The molecule has 132 valence electrons. The molecule has 1 N–H and O–H groups in total. The van der Waals surface area contributed by atoms with Gasteiger partial charge >= 0.3 is 0 Å². The van der Waals surface area contributed by atoms with Crippen LogP contribution in [-0.2, 0) is 0 Å². The van der Waals surface area contributed by atoms with Gasteiger partial charge in [0.25, 0.3) is 5.91 Å². The van der Waals surface area contributed by atoms with Gasteiger partial charge in [0.2, 0.25) is 0 Å². The van der Waals surface area contributed by atoms with Crippen LogP contribution in [0.2, 0.25) is 10.0 Å². The van der Waals surface area contributed by atoms with Crippen LogP contribution in [0, 0.1) is 5.92 Å². The molecule has 4 heterocycles. The Bertz CT molecular complexity index is 794. The number of hydrogen-bond donors (Lipinski definition) is 1. The van der Waals surface area contributed by atoms with Gasteiger partial charge in [-0.3, -0.25) is 9.69 Å². The van der Waals surface area contributed by atoms with Gasteiger partial charge in [-0.15, -0.1) is 0 Å². The number of carbonyl (C=O) groups excluding carboxylic acids is 1. The summed E-state index contributed by atoms with van der Waals surface area (Å²) in [5.74, 6) is 1.23. The quantitative estimate of drug-likeness (QED) is 0.856. The van der Waals surface area contributed by atoms with Crippen LogP contribution in [0.3, 0.4) is 0 Å². The van der Waals surface area contributed by atoms with Gasteiger partial charge in [0.05, 0.1) is 10.0 Å². The second-order valence-electron chi connectivity index (χ2n) is 6.88. The SMILES string of the molecule is CC1C(NC(=O)c2ccc(-c3cccc(Cl)c3Cl)o2)C2CCN1CC2. The predicted octanol–water partition coefficient (Wildman–Crippen LogP) is 4.47. The average molecular weight is 379 g/mol. The topological polar surface area (TPSA) is 45.5 Å². The van der Waals surface area contributed by atoms with Crippen LogP contribution in [0.1, 0.15) is 30.3 Å². The van der Waals surface area contributed by atoms with Crippen molar-refractivity contribution in [2.75, 3.05) is 13.1 Å². The third-order valence-corrected chi connectivity index (χ3v) is 6.34.